The van der Waals surface area contributed by atoms with Crippen LogP contribution in [0.5, 0.6) is 11.5 Å². The lowest BCUT2D eigenvalue weighted by Crippen LogP contribution is -2.42. The van der Waals surface area contributed by atoms with Gasteiger partial charge in [0.2, 0.25) is 5.91 Å². The minimum atomic E-state index is -0.367. The van der Waals surface area contributed by atoms with Gasteiger partial charge in [-0.2, -0.15) is 0 Å². The zero-order valence-electron chi connectivity index (χ0n) is 13.2. The Balaban J connectivity index is 2.26. The van der Waals surface area contributed by atoms with E-state index in [1.165, 1.54) is 0 Å². The minimum Gasteiger partial charge on any atom is -0.497 e. The first-order valence-corrected chi connectivity index (χ1v) is 7.27. The summed E-state index contributed by atoms with van der Waals surface area (Å²) < 4.78 is 10.5. The molecule has 1 aromatic carbocycles. The monoisotopic (exact) mass is 292 g/mol. The number of anilines is 1. The molecule has 0 aromatic heterocycles. The first-order valence-electron chi connectivity index (χ1n) is 7.27. The van der Waals surface area contributed by atoms with Crippen LogP contribution >= 0.6 is 0 Å². The Bertz CT molecular complexity index is 508. The van der Waals surface area contributed by atoms with Crippen LogP contribution in [-0.4, -0.2) is 33.2 Å². The largest absolute Gasteiger partial charge is 0.497 e. The summed E-state index contributed by atoms with van der Waals surface area (Å²) in [6.07, 6.45) is 0.850. The van der Waals surface area contributed by atoms with Crippen LogP contribution in [-0.2, 0) is 4.79 Å². The van der Waals surface area contributed by atoms with Crippen LogP contribution < -0.4 is 20.1 Å². The van der Waals surface area contributed by atoms with Crippen molar-refractivity contribution in [3.05, 3.63) is 18.2 Å². The summed E-state index contributed by atoms with van der Waals surface area (Å²) in [7, 11) is 3.19. The second-order valence-electron chi connectivity index (χ2n) is 5.76. The third kappa shape index (κ3) is 2.97. The molecule has 0 spiro atoms. The zero-order valence-corrected chi connectivity index (χ0v) is 13.2. The Hall–Kier alpha value is -1.75. The molecule has 1 atom stereocenters. The summed E-state index contributed by atoms with van der Waals surface area (Å²) >= 11 is 0. The van der Waals surface area contributed by atoms with Gasteiger partial charge in [-0.05, 0) is 31.0 Å². The molecule has 1 aliphatic heterocycles. The number of amides is 1. The van der Waals surface area contributed by atoms with Crippen LogP contribution in [0.15, 0.2) is 18.2 Å². The van der Waals surface area contributed by atoms with Gasteiger partial charge in [-0.15, -0.1) is 0 Å². The fraction of sp³-hybridized carbons (Fsp3) is 0.562. The average Bonchev–Trinajstić information content (AvgIpc) is 2.98. The van der Waals surface area contributed by atoms with Gasteiger partial charge >= 0.3 is 0 Å². The van der Waals surface area contributed by atoms with Crippen molar-refractivity contribution in [3.8, 4) is 11.5 Å². The maximum absolute atomic E-state index is 12.8. The molecule has 0 aliphatic carbocycles. The Kier molecular flexibility index (Phi) is 4.73. The highest BCUT2D eigenvalue weighted by Crippen LogP contribution is 2.37. The number of carbonyl (C=O) groups is 1. The summed E-state index contributed by atoms with van der Waals surface area (Å²) in [4.78, 5) is 12.8. The summed E-state index contributed by atoms with van der Waals surface area (Å²) in [6.45, 7) is 5.77. The normalized spacial score (nSPS) is 21.4. The lowest BCUT2D eigenvalue weighted by atomic mass is 9.75. The summed E-state index contributed by atoms with van der Waals surface area (Å²) in [5, 5.41) is 6.31. The molecular weight excluding hydrogens is 268 g/mol. The van der Waals surface area contributed by atoms with Crippen molar-refractivity contribution >= 4 is 11.6 Å². The third-order valence-electron chi connectivity index (χ3n) is 4.40. The van der Waals surface area contributed by atoms with Gasteiger partial charge in [-0.1, -0.05) is 13.8 Å². The molecule has 5 heteroatoms. The quantitative estimate of drug-likeness (QED) is 0.874. The molecule has 1 fully saturated rings. The first-order chi connectivity index (χ1) is 10.0. The van der Waals surface area contributed by atoms with Crippen molar-refractivity contribution in [2.24, 2.45) is 11.3 Å². The van der Waals surface area contributed by atoms with Gasteiger partial charge in [-0.25, -0.2) is 0 Å². The Morgan fingerprint density at radius 2 is 2.10 bits per heavy atom. The fourth-order valence-corrected chi connectivity index (χ4v) is 2.82. The van der Waals surface area contributed by atoms with E-state index in [9.17, 15) is 4.79 Å². The van der Waals surface area contributed by atoms with Crippen molar-refractivity contribution in [1.82, 2.24) is 5.32 Å². The number of ether oxygens (including phenoxy) is 2. The molecule has 1 amide bonds. The number of hydrogen-bond donors (Lipinski definition) is 2. The molecule has 5 nitrogen and oxygen atoms in total. The van der Waals surface area contributed by atoms with Crippen molar-refractivity contribution in [2.75, 3.05) is 32.6 Å². The van der Waals surface area contributed by atoms with Crippen LogP contribution in [0.3, 0.4) is 0 Å². The van der Waals surface area contributed by atoms with Gasteiger partial charge in [-0.3, -0.25) is 4.79 Å². The van der Waals surface area contributed by atoms with E-state index in [0.717, 1.165) is 13.0 Å². The molecule has 21 heavy (non-hydrogen) atoms. The van der Waals surface area contributed by atoms with Crippen LogP contribution in [0, 0.1) is 11.3 Å². The number of hydrogen-bond acceptors (Lipinski definition) is 4. The van der Waals surface area contributed by atoms with Crippen molar-refractivity contribution in [1.29, 1.82) is 0 Å². The first kappa shape index (κ1) is 15.6. The maximum Gasteiger partial charge on any atom is 0.232 e. The van der Waals surface area contributed by atoms with E-state index >= 15 is 0 Å². The number of methoxy groups -OCH3 is 2. The lowest BCUT2D eigenvalue weighted by Gasteiger charge is -2.31. The number of benzene rings is 1. The Morgan fingerprint density at radius 3 is 2.62 bits per heavy atom. The van der Waals surface area contributed by atoms with E-state index in [1.54, 1.807) is 26.4 Å². The molecule has 116 valence electrons. The third-order valence-corrected chi connectivity index (χ3v) is 4.40. The zero-order chi connectivity index (χ0) is 15.5. The standard InChI is InChI=1S/C16H24N2O3/c1-11(2)16(7-8-17-10-16)15(19)18-13-9-12(20-3)5-6-14(13)21-4/h5-6,9,11,17H,7-8,10H2,1-4H3,(H,18,19). The average molecular weight is 292 g/mol. The second-order valence-corrected chi connectivity index (χ2v) is 5.76. The van der Waals surface area contributed by atoms with E-state index in [-0.39, 0.29) is 17.2 Å². The molecule has 0 bridgehead atoms. The Morgan fingerprint density at radius 1 is 1.33 bits per heavy atom. The molecule has 2 rings (SSSR count). The molecular formula is C16H24N2O3. The Labute approximate surface area is 126 Å². The van der Waals surface area contributed by atoms with Gasteiger partial charge in [0.15, 0.2) is 0 Å². The SMILES string of the molecule is COc1ccc(OC)c(NC(=O)C2(C(C)C)CCNC2)c1. The van der Waals surface area contributed by atoms with Crippen molar-refractivity contribution in [2.45, 2.75) is 20.3 Å². The molecule has 1 unspecified atom stereocenters. The van der Waals surface area contributed by atoms with E-state index in [2.05, 4.69) is 24.5 Å². The van der Waals surface area contributed by atoms with E-state index in [0.29, 0.717) is 23.7 Å². The smallest absolute Gasteiger partial charge is 0.232 e. The lowest BCUT2D eigenvalue weighted by molar-refractivity contribution is -0.126. The van der Waals surface area contributed by atoms with E-state index < -0.39 is 0 Å². The summed E-state index contributed by atoms with van der Waals surface area (Å²) in [5.41, 5.74) is 0.280. The highest BCUT2D eigenvalue weighted by atomic mass is 16.5. The van der Waals surface area contributed by atoms with Crippen LogP contribution in [0.1, 0.15) is 20.3 Å². The highest BCUT2D eigenvalue weighted by Gasteiger charge is 2.44. The molecule has 1 heterocycles. The number of rotatable bonds is 5. The van der Waals surface area contributed by atoms with Crippen molar-refractivity contribution in [3.63, 3.8) is 0 Å². The fourth-order valence-electron chi connectivity index (χ4n) is 2.82. The van der Waals surface area contributed by atoms with E-state index in [1.807, 2.05) is 6.07 Å². The van der Waals surface area contributed by atoms with Crippen LogP contribution in [0.2, 0.25) is 0 Å². The molecule has 2 N–H and O–H groups in total. The second kappa shape index (κ2) is 6.35. The molecule has 1 saturated heterocycles. The van der Waals surface area contributed by atoms with Gasteiger partial charge in [0.1, 0.15) is 11.5 Å². The van der Waals surface area contributed by atoms with Gasteiger partial charge < -0.3 is 20.1 Å². The number of carbonyl (C=O) groups excluding carboxylic acids is 1. The molecule has 1 aliphatic rings. The summed E-state index contributed by atoms with van der Waals surface area (Å²) in [6, 6.07) is 5.39. The molecule has 0 saturated carbocycles. The minimum absolute atomic E-state index is 0.0362. The van der Waals surface area contributed by atoms with Gasteiger partial charge in [0.05, 0.1) is 25.3 Å². The summed E-state index contributed by atoms with van der Waals surface area (Å²) in [5.74, 6) is 1.63. The molecule has 1 aromatic rings. The topological polar surface area (TPSA) is 59.6 Å². The predicted octanol–water partition coefficient (Wildman–Crippen LogP) is 2.28. The van der Waals surface area contributed by atoms with Gasteiger partial charge in [0, 0.05) is 12.6 Å². The van der Waals surface area contributed by atoms with Gasteiger partial charge in [0.25, 0.3) is 0 Å². The van der Waals surface area contributed by atoms with Crippen LogP contribution in [0.4, 0.5) is 5.69 Å². The van der Waals surface area contributed by atoms with Crippen LogP contribution in [0.25, 0.3) is 0 Å². The van der Waals surface area contributed by atoms with Crippen molar-refractivity contribution < 1.29 is 14.3 Å². The highest BCUT2D eigenvalue weighted by molar-refractivity contribution is 5.97. The maximum atomic E-state index is 12.8. The predicted molar refractivity (Wildman–Crippen MR) is 82.9 cm³/mol. The number of nitrogens with one attached hydrogen (secondary N) is 2. The van der Waals surface area contributed by atoms with E-state index in [4.69, 9.17) is 9.47 Å². The molecule has 0 radical (unpaired) electrons.